The predicted octanol–water partition coefficient (Wildman–Crippen LogP) is 1.44. The highest BCUT2D eigenvalue weighted by atomic mass is 16.3. The molecule has 1 N–H and O–H groups in total. The van der Waals surface area contributed by atoms with Gasteiger partial charge in [-0.25, -0.2) is 0 Å². The van der Waals surface area contributed by atoms with Crippen LogP contribution in [0.25, 0.3) is 0 Å². The molecular weight excluding hydrogens is 162 g/mol. The summed E-state index contributed by atoms with van der Waals surface area (Å²) in [4.78, 5) is 0. The minimum atomic E-state index is -0.0165. The van der Waals surface area contributed by atoms with Crippen molar-refractivity contribution in [1.82, 2.24) is 0 Å². The number of nitrogens with zero attached hydrogens (tertiary/aromatic N) is 1. The molecule has 0 radical (unpaired) electrons. The highest BCUT2D eigenvalue weighted by Crippen LogP contribution is 2.06. The first-order chi connectivity index (χ1) is 6.38. The van der Waals surface area contributed by atoms with Crippen molar-refractivity contribution in [1.29, 1.82) is 5.26 Å². The number of nitriles is 1. The van der Waals surface area contributed by atoms with Crippen LogP contribution in [0, 0.1) is 23.2 Å². The van der Waals surface area contributed by atoms with E-state index in [-0.39, 0.29) is 13.0 Å². The van der Waals surface area contributed by atoms with Crippen molar-refractivity contribution in [3.63, 3.8) is 0 Å². The molecule has 0 aliphatic rings. The summed E-state index contributed by atoms with van der Waals surface area (Å²) in [5.74, 6) is 5.54. The van der Waals surface area contributed by atoms with Crippen LogP contribution in [-0.2, 0) is 6.61 Å². The molecule has 0 fully saturated rings. The molecule has 2 nitrogen and oxygen atoms in total. The van der Waals surface area contributed by atoms with Crippen molar-refractivity contribution in [2.45, 2.75) is 13.0 Å². The maximum Gasteiger partial charge on any atom is 0.0966 e. The Morgan fingerprint density at radius 2 is 2.08 bits per heavy atom. The van der Waals surface area contributed by atoms with E-state index in [0.29, 0.717) is 0 Å². The number of rotatable bonds is 1. The molecule has 1 aromatic rings. The summed E-state index contributed by atoms with van der Waals surface area (Å²) >= 11 is 0. The monoisotopic (exact) mass is 171 g/mol. The second kappa shape index (κ2) is 4.98. The number of aliphatic hydroxyl groups is 1. The van der Waals surface area contributed by atoms with E-state index in [1.165, 1.54) is 0 Å². The molecule has 0 bridgehead atoms. The lowest BCUT2D eigenvalue weighted by Gasteiger charge is -1.97. The lowest BCUT2D eigenvalue weighted by atomic mass is 10.1. The van der Waals surface area contributed by atoms with Gasteiger partial charge in [-0.15, -0.1) is 0 Å². The molecule has 0 aromatic heterocycles. The molecule has 0 aliphatic carbocycles. The van der Waals surface area contributed by atoms with Crippen molar-refractivity contribution in [2.24, 2.45) is 0 Å². The summed E-state index contributed by atoms with van der Waals surface area (Å²) in [6.45, 7) is -0.0165. The van der Waals surface area contributed by atoms with Gasteiger partial charge in [0.25, 0.3) is 0 Å². The molecule has 2 heteroatoms. The van der Waals surface area contributed by atoms with E-state index < -0.39 is 0 Å². The predicted molar refractivity (Wildman–Crippen MR) is 49.5 cm³/mol. The Morgan fingerprint density at radius 1 is 1.31 bits per heavy atom. The largest absolute Gasteiger partial charge is 0.392 e. The first-order valence-corrected chi connectivity index (χ1v) is 3.93. The number of aliphatic hydroxyl groups excluding tert-OH is 1. The Kier molecular flexibility index (Phi) is 3.57. The molecule has 0 spiro atoms. The molecule has 1 rings (SSSR count). The highest BCUT2D eigenvalue weighted by molar-refractivity contribution is 5.41. The Balaban J connectivity index is 2.90. The first kappa shape index (κ1) is 9.32. The molecule has 0 saturated heterocycles. The summed E-state index contributed by atoms with van der Waals surface area (Å²) in [6, 6.07) is 9.29. The van der Waals surface area contributed by atoms with Crippen LogP contribution in [0.15, 0.2) is 24.3 Å². The summed E-state index contributed by atoms with van der Waals surface area (Å²) < 4.78 is 0. The van der Waals surface area contributed by atoms with Gasteiger partial charge in [-0.1, -0.05) is 30.0 Å². The average Bonchev–Trinajstić information content (AvgIpc) is 2.19. The minimum Gasteiger partial charge on any atom is -0.392 e. The van der Waals surface area contributed by atoms with Crippen LogP contribution in [0.5, 0.6) is 0 Å². The van der Waals surface area contributed by atoms with E-state index >= 15 is 0 Å². The third-order valence-corrected chi connectivity index (χ3v) is 1.58. The SMILES string of the molecule is N#CCC#Cc1ccccc1CO. The molecule has 0 heterocycles. The molecule has 1 aromatic carbocycles. The van der Waals surface area contributed by atoms with Crippen molar-refractivity contribution in [2.75, 3.05) is 0 Å². The van der Waals surface area contributed by atoms with Gasteiger partial charge in [0, 0.05) is 5.56 Å². The summed E-state index contributed by atoms with van der Waals surface area (Å²) in [5, 5.41) is 17.2. The molecular formula is C11H9NO. The van der Waals surface area contributed by atoms with Gasteiger partial charge < -0.3 is 5.11 Å². The normalized spacial score (nSPS) is 8.31. The maximum atomic E-state index is 8.94. The Bertz CT molecular complexity index is 379. The van der Waals surface area contributed by atoms with Crippen LogP contribution in [0.3, 0.4) is 0 Å². The van der Waals surface area contributed by atoms with E-state index in [2.05, 4.69) is 11.8 Å². The first-order valence-electron chi connectivity index (χ1n) is 3.93. The lowest BCUT2D eigenvalue weighted by molar-refractivity contribution is 0.281. The average molecular weight is 171 g/mol. The zero-order chi connectivity index (χ0) is 9.52. The van der Waals surface area contributed by atoms with Gasteiger partial charge in [0.1, 0.15) is 0 Å². The van der Waals surface area contributed by atoms with Crippen molar-refractivity contribution >= 4 is 0 Å². The second-order valence-corrected chi connectivity index (χ2v) is 2.45. The lowest BCUT2D eigenvalue weighted by Crippen LogP contribution is -1.87. The fraction of sp³-hybridized carbons (Fsp3) is 0.182. The Morgan fingerprint density at radius 3 is 2.77 bits per heavy atom. The third-order valence-electron chi connectivity index (χ3n) is 1.58. The van der Waals surface area contributed by atoms with E-state index in [4.69, 9.17) is 10.4 Å². The highest BCUT2D eigenvalue weighted by Gasteiger charge is 1.94. The van der Waals surface area contributed by atoms with Gasteiger partial charge in [0.15, 0.2) is 0 Å². The quantitative estimate of drug-likeness (QED) is 0.650. The van der Waals surface area contributed by atoms with Gasteiger partial charge >= 0.3 is 0 Å². The number of hydrogen-bond donors (Lipinski definition) is 1. The van der Waals surface area contributed by atoms with Gasteiger partial charge in [-0.3, -0.25) is 0 Å². The number of hydrogen-bond acceptors (Lipinski definition) is 2. The topological polar surface area (TPSA) is 44.0 Å². The summed E-state index contributed by atoms with van der Waals surface area (Å²) in [6.07, 6.45) is 0.222. The third kappa shape index (κ3) is 2.63. The van der Waals surface area contributed by atoms with Crippen LogP contribution in [0.1, 0.15) is 17.5 Å². The van der Waals surface area contributed by atoms with Crippen LogP contribution in [0.2, 0.25) is 0 Å². The zero-order valence-corrected chi connectivity index (χ0v) is 7.12. The maximum absolute atomic E-state index is 8.94. The molecule has 0 amide bonds. The molecule has 13 heavy (non-hydrogen) atoms. The van der Waals surface area contributed by atoms with Gasteiger partial charge in [0.05, 0.1) is 19.1 Å². The van der Waals surface area contributed by atoms with Gasteiger partial charge in [-0.05, 0) is 11.6 Å². The Labute approximate surface area is 77.4 Å². The summed E-state index contributed by atoms with van der Waals surface area (Å²) in [5.41, 5.74) is 1.59. The van der Waals surface area contributed by atoms with Crippen molar-refractivity contribution in [3.05, 3.63) is 35.4 Å². The van der Waals surface area contributed by atoms with E-state index in [1.807, 2.05) is 30.3 Å². The Hall–Kier alpha value is -1.77. The molecule has 64 valence electrons. The van der Waals surface area contributed by atoms with Crippen LogP contribution < -0.4 is 0 Å². The fourth-order valence-corrected chi connectivity index (χ4v) is 0.959. The smallest absolute Gasteiger partial charge is 0.0966 e. The van der Waals surface area contributed by atoms with E-state index in [0.717, 1.165) is 11.1 Å². The van der Waals surface area contributed by atoms with Crippen molar-refractivity contribution in [3.8, 4) is 17.9 Å². The van der Waals surface area contributed by atoms with Crippen molar-refractivity contribution < 1.29 is 5.11 Å². The van der Waals surface area contributed by atoms with Crippen LogP contribution in [0.4, 0.5) is 0 Å². The molecule has 0 aliphatic heterocycles. The van der Waals surface area contributed by atoms with E-state index in [9.17, 15) is 0 Å². The van der Waals surface area contributed by atoms with Gasteiger partial charge in [-0.2, -0.15) is 5.26 Å². The van der Waals surface area contributed by atoms with Crippen LogP contribution in [-0.4, -0.2) is 5.11 Å². The fourth-order valence-electron chi connectivity index (χ4n) is 0.959. The van der Waals surface area contributed by atoms with Gasteiger partial charge in [0.2, 0.25) is 0 Å². The standard InChI is InChI=1S/C11H9NO/c12-8-4-3-6-10-5-1-2-7-11(10)9-13/h1-2,5,7,13H,4,9H2. The summed E-state index contributed by atoms with van der Waals surface area (Å²) in [7, 11) is 0. The second-order valence-electron chi connectivity index (χ2n) is 2.45. The van der Waals surface area contributed by atoms with E-state index in [1.54, 1.807) is 0 Å². The number of benzene rings is 1. The zero-order valence-electron chi connectivity index (χ0n) is 7.12. The molecule has 0 atom stereocenters. The molecule has 0 unspecified atom stereocenters. The van der Waals surface area contributed by atoms with Crippen LogP contribution >= 0.6 is 0 Å². The molecule has 0 saturated carbocycles. The minimum absolute atomic E-state index is 0.0165.